The summed E-state index contributed by atoms with van der Waals surface area (Å²) in [6.45, 7) is 0. The number of nitrogens with one attached hydrogen (secondary N) is 1. The van der Waals surface area contributed by atoms with Gasteiger partial charge in [0.1, 0.15) is 10.2 Å². The Hall–Kier alpha value is 0.560. The molecule has 0 fully saturated rings. The standard InChI is InChI=1S/CH3ClN2O4S.Au/c3-1(9)4-8-2(5,6)7;/h(H3,3,4,9);. The van der Waals surface area contributed by atoms with Gasteiger partial charge in [0.25, 0.3) is 0 Å². The summed E-state index contributed by atoms with van der Waals surface area (Å²) in [7, 11) is -4.50. The van der Waals surface area contributed by atoms with Crippen LogP contribution >= 0.6 is 12.2 Å². The maximum absolute atomic E-state index is 9.55. The summed E-state index contributed by atoms with van der Waals surface area (Å²) in [5, 5.41) is -0.429. The number of halogens is 1. The topological polar surface area (TPSA) is 116 Å². The fourth-order valence-electron chi connectivity index (χ4n) is 0.0853. The molecule has 0 aliphatic carbocycles. The fourth-order valence-corrected chi connectivity index (χ4v) is 0.350. The first-order valence-corrected chi connectivity index (χ1v) is 3.21. The van der Waals surface area contributed by atoms with Gasteiger partial charge in [-0.15, -0.1) is 5.48 Å². The van der Waals surface area contributed by atoms with Gasteiger partial charge in [-0.1, -0.05) is 0 Å². The predicted molar refractivity (Wildman–Crippen MR) is 21.0 cm³/mol. The first-order chi connectivity index (χ1) is 3.92. The minimum absolute atomic E-state index is 0. The van der Waals surface area contributed by atoms with Crippen LogP contribution in [0, 0.1) is 10.2 Å². The molecule has 0 unspecified atom stereocenters. The molecule has 0 rings (SSSR count). The zero-order valence-corrected chi connectivity index (χ0v) is 8.04. The molecular formula is CH3AuClN2O4S. The van der Waals surface area contributed by atoms with Crippen LogP contribution in [0.3, 0.4) is 0 Å². The molecular weight excluding hydrogens is 369 g/mol. The summed E-state index contributed by atoms with van der Waals surface area (Å²) in [5.74, 6) is 0. The summed E-state index contributed by atoms with van der Waals surface area (Å²) in [5.41, 5.74) is 6.17. The Kier molecular flexibility index (Phi) is 6.90. The molecule has 9 heteroatoms. The van der Waals surface area contributed by atoms with Gasteiger partial charge in [0, 0.05) is 22.4 Å². The Balaban J connectivity index is 0. The Morgan fingerprint density at radius 1 is 1.50 bits per heavy atom. The molecule has 0 amide bonds. The van der Waals surface area contributed by atoms with E-state index in [0.717, 1.165) is 0 Å². The third-order valence-corrected chi connectivity index (χ3v) is 0.583. The Labute approximate surface area is 79.5 Å². The molecule has 0 aromatic heterocycles. The zero-order chi connectivity index (χ0) is 7.49. The number of hydrogen-bond donors (Lipinski definition) is 2. The van der Waals surface area contributed by atoms with Crippen LogP contribution in [0.15, 0.2) is 0 Å². The quantitative estimate of drug-likeness (QED) is 0.286. The average molecular weight is 372 g/mol. The van der Waals surface area contributed by atoms with E-state index in [0.29, 0.717) is 0 Å². The van der Waals surface area contributed by atoms with Crippen molar-refractivity contribution >= 4 is 17.3 Å². The first-order valence-electron chi connectivity index (χ1n) is 1.56. The van der Waals surface area contributed by atoms with Gasteiger partial charge in [0.2, 0.25) is 9.50 Å². The summed E-state index contributed by atoms with van der Waals surface area (Å²) in [6.07, 6.45) is 0. The van der Waals surface area contributed by atoms with Gasteiger partial charge in [-0.05, 0) is 12.2 Å². The summed E-state index contributed by atoms with van der Waals surface area (Å²) >= 11 is 4.10. The number of thiocarbonyl (C=S) groups is 1. The molecule has 0 heterocycles. The molecule has 0 atom stereocenters. The van der Waals surface area contributed by atoms with Crippen molar-refractivity contribution in [3.63, 3.8) is 0 Å². The Morgan fingerprint density at radius 3 is 2.00 bits per heavy atom. The van der Waals surface area contributed by atoms with Crippen molar-refractivity contribution in [1.29, 1.82) is 0 Å². The average Bonchev–Trinajstić information content (AvgIpc) is 1.59. The van der Waals surface area contributed by atoms with E-state index < -0.39 is 15.4 Å². The fraction of sp³-hybridized carbons (Fsp3) is 0. The van der Waals surface area contributed by atoms with Crippen LogP contribution < -0.4 is 25.2 Å². The van der Waals surface area contributed by atoms with Crippen molar-refractivity contribution in [3.05, 3.63) is 0 Å². The third kappa shape index (κ3) is 11.4. The smallest absolute Gasteiger partial charge is 0.209 e. The van der Waals surface area contributed by atoms with Crippen molar-refractivity contribution in [2.75, 3.05) is 0 Å². The maximum Gasteiger partial charge on any atom is 0.209 e. The van der Waals surface area contributed by atoms with E-state index in [1.54, 1.807) is 0 Å². The Morgan fingerprint density at radius 2 is 1.90 bits per heavy atom. The molecule has 0 spiro atoms. The second-order valence-corrected chi connectivity index (χ2v) is 2.27. The van der Waals surface area contributed by atoms with E-state index >= 15 is 0 Å². The van der Waals surface area contributed by atoms with Crippen molar-refractivity contribution < 1.29 is 51.0 Å². The number of hydroxylamine groups is 1. The molecule has 0 bridgehead atoms. The van der Waals surface area contributed by atoms with Crippen molar-refractivity contribution in [2.24, 2.45) is 5.73 Å². The summed E-state index contributed by atoms with van der Waals surface area (Å²) in [4.78, 5) is 0. The molecule has 3 N–H and O–H groups in total. The second-order valence-electron chi connectivity index (χ2n) is 0.921. The van der Waals surface area contributed by atoms with Gasteiger partial charge in [0.05, 0.1) is 0 Å². The molecule has 0 aromatic rings. The number of rotatable bonds is 2. The normalized spacial score (nSPS) is 9.90. The van der Waals surface area contributed by atoms with Crippen LogP contribution in [0.4, 0.5) is 0 Å². The molecule has 0 aliphatic rings. The van der Waals surface area contributed by atoms with Crippen molar-refractivity contribution in [1.82, 2.24) is 5.48 Å². The van der Waals surface area contributed by atoms with Gasteiger partial charge in [-0.2, -0.15) is 14.0 Å². The van der Waals surface area contributed by atoms with E-state index in [1.165, 1.54) is 5.48 Å². The Bertz CT molecular complexity index is 116. The molecule has 65 valence electrons. The first kappa shape index (κ1) is 13.2. The minimum Gasteiger partial charge on any atom is -0.374 e. The van der Waals surface area contributed by atoms with Gasteiger partial charge in [-0.3, -0.25) is 0 Å². The summed E-state index contributed by atoms with van der Waals surface area (Å²) in [6, 6.07) is 0. The van der Waals surface area contributed by atoms with E-state index in [4.69, 9.17) is 0 Å². The van der Waals surface area contributed by atoms with Gasteiger partial charge in [0.15, 0.2) is 0 Å². The van der Waals surface area contributed by atoms with Crippen LogP contribution in [-0.2, 0) is 26.8 Å². The van der Waals surface area contributed by atoms with Gasteiger partial charge < -0.3 is 5.73 Å². The molecule has 10 heavy (non-hydrogen) atoms. The molecule has 6 nitrogen and oxygen atoms in total. The summed E-state index contributed by atoms with van der Waals surface area (Å²) < 4.78 is 32.0. The van der Waals surface area contributed by atoms with Crippen LogP contribution in [0.2, 0.25) is 0 Å². The third-order valence-electron chi connectivity index (χ3n) is 0.234. The largest absolute Gasteiger partial charge is 0.374 e. The van der Waals surface area contributed by atoms with E-state index in [9.17, 15) is 14.0 Å². The molecule has 0 saturated carbocycles. The SMILES string of the molecule is NC(=S)NO[Cl+3]([O-])([O-])[O-].[Au]. The zero-order valence-electron chi connectivity index (χ0n) is 4.30. The second kappa shape index (κ2) is 5.24. The molecule has 0 aliphatic heterocycles. The van der Waals surface area contributed by atoms with Gasteiger partial charge >= 0.3 is 0 Å². The van der Waals surface area contributed by atoms with Crippen molar-refractivity contribution in [2.45, 2.75) is 0 Å². The van der Waals surface area contributed by atoms with Crippen molar-refractivity contribution in [3.8, 4) is 0 Å². The van der Waals surface area contributed by atoms with E-state index in [1.807, 2.05) is 0 Å². The van der Waals surface area contributed by atoms with Crippen LogP contribution in [0.25, 0.3) is 0 Å². The monoisotopic (exact) mass is 371 g/mol. The number of hydrogen-bond acceptors (Lipinski definition) is 5. The maximum atomic E-state index is 9.55. The number of nitrogens with two attached hydrogens (primary N) is 1. The van der Waals surface area contributed by atoms with Gasteiger partial charge in [-0.25, -0.2) is 0 Å². The molecule has 1 radical (unpaired) electrons. The van der Waals surface area contributed by atoms with E-state index in [-0.39, 0.29) is 22.4 Å². The molecule has 0 saturated heterocycles. The van der Waals surface area contributed by atoms with E-state index in [2.05, 4.69) is 22.3 Å². The predicted octanol–water partition coefficient (Wildman–Crippen LogP) is -4.35. The van der Waals surface area contributed by atoms with Crippen LogP contribution in [-0.4, -0.2) is 5.11 Å². The minimum atomic E-state index is -4.50. The molecule has 0 aromatic carbocycles. The van der Waals surface area contributed by atoms with Crippen LogP contribution in [0.5, 0.6) is 0 Å². The van der Waals surface area contributed by atoms with Crippen LogP contribution in [0.1, 0.15) is 0 Å².